The lowest BCUT2D eigenvalue weighted by atomic mass is 9.79. The van der Waals surface area contributed by atoms with Gasteiger partial charge in [-0.3, -0.25) is 4.79 Å². The summed E-state index contributed by atoms with van der Waals surface area (Å²) in [5, 5.41) is 0. The van der Waals surface area contributed by atoms with Gasteiger partial charge in [0, 0.05) is 12.1 Å². The van der Waals surface area contributed by atoms with Gasteiger partial charge in [0.05, 0.1) is 13.7 Å². The molecule has 2 aliphatic rings. The van der Waals surface area contributed by atoms with Gasteiger partial charge in [-0.1, -0.05) is 43.5 Å². The lowest BCUT2D eigenvalue weighted by Crippen LogP contribution is -2.35. The Hall–Kier alpha value is -2.33. The Kier molecular flexibility index (Phi) is 9.04. The maximum absolute atomic E-state index is 11.6. The standard InChI is InChI=1S/C30H41NO3/c1-23(32)26-13-14-29(30(22-26)33-2)34-20-8-17-31-18-15-24(16-19-31)21-27-11-6-7-12-28(27)25-9-4-3-5-10-25/h6-7,11-14,22,24-25H,3-5,8-10,15-21H2,1-2H3. The summed E-state index contributed by atoms with van der Waals surface area (Å²) in [6.45, 7) is 5.66. The Morgan fingerprint density at radius 2 is 1.74 bits per heavy atom. The molecule has 4 heteroatoms. The third kappa shape index (κ3) is 6.63. The third-order valence-corrected chi connectivity index (χ3v) is 7.76. The van der Waals surface area contributed by atoms with Gasteiger partial charge in [0.15, 0.2) is 17.3 Å². The molecule has 4 rings (SSSR count). The summed E-state index contributed by atoms with van der Waals surface area (Å²) in [6.07, 6.45) is 11.8. The highest BCUT2D eigenvalue weighted by Crippen LogP contribution is 2.36. The lowest BCUT2D eigenvalue weighted by Gasteiger charge is -2.33. The van der Waals surface area contributed by atoms with Crippen LogP contribution in [0.1, 0.15) is 85.7 Å². The number of nitrogens with zero attached hydrogens (tertiary/aromatic N) is 1. The van der Waals surface area contributed by atoms with Crippen molar-refractivity contribution in [3.8, 4) is 11.5 Å². The van der Waals surface area contributed by atoms with Gasteiger partial charge in [-0.15, -0.1) is 0 Å². The number of hydrogen-bond donors (Lipinski definition) is 0. The van der Waals surface area contributed by atoms with E-state index in [0.29, 0.717) is 23.7 Å². The monoisotopic (exact) mass is 463 g/mol. The summed E-state index contributed by atoms with van der Waals surface area (Å²) >= 11 is 0. The van der Waals surface area contributed by atoms with Crippen LogP contribution in [0.4, 0.5) is 0 Å². The van der Waals surface area contributed by atoms with Crippen LogP contribution in [0.5, 0.6) is 11.5 Å². The van der Waals surface area contributed by atoms with Crippen LogP contribution in [-0.2, 0) is 6.42 Å². The highest BCUT2D eigenvalue weighted by molar-refractivity contribution is 5.94. The lowest BCUT2D eigenvalue weighted by molar-refractivity contribution is 0.101. The normalized spacial score (nSPS) is 18.1. The van der Waals surface area contributed by atoms with Crippen LogP contribution in [0.25, 0.3) is 0 Å². The average Bonchev–Trinajstić information content (AvgIpc) is 2.88. The number of ether oxygens (including phenoxy) is 2. The van der Waals surface area contributed by atoms with Crippen molar-refractivity contribution in [3.05, 3.63) is 59.2 Å². The molecular weight excluding hydrogens is 422 g/mol. The molecule has 0 unspecified atom stereocenters. The molecule has 0 radical (unpaired) electrons. The Labute approximate surface area is 205 Å². The number of carbonyl (C=O) groups is 1. The number of methoxy groups -OCH3 is 1. The number of Topliss-reactive ketones (excluding diaryl/α,β-unsaturated/α-hetero) is 1. The molecule has 184 valence electrons. The number of likely N-dealkylation sites (tertiary alicyclic amines) is 1. The molecule has 0 bridgehead atoms. The Bertz CT molecular complexity index is 926. The van der Waals surface area contributed by atoms with Crippen LogP contribution in [-0.4, -0.2) is 44.0 Å². The van der Waals surface area contributed by atoms with Crippen molar-refractivity contribution in [3.63, 3.8) is 0 Å². The quantitative estimate of drug-likeness (QED) is 0.291. The van der Waals surface area contributed by atoms with Crippen LogP contribution in [0.3, 0.4) is 0 Å². The molecule has 1 aliphatic heterocycles. The van der Waals surface area contributed by atoms with Crippen molar-refractivity contribution in [1.29, 1.82) is 0 Å². The average molecular weight is 464 g/mol. The maximum Gasteiger partial charge on any atom is 0.161 e. The summed E-state index contributed by atoms with van der Waals surface area (Å²) in [5.41, 5.74) is 3.91. The molecule has 0 amide bonds. The largest absolute Gasteiger partial charge is 0.493 e. The van der Waals surface area contributed by atoms with Crippen molar-refractivity contribution >= 4 is 5.78 Å². The molecule has 0 N–H and O–H groups in total. The fourth-order valence-corrected chi connectivity index (χ4v) is 5.73. The van der Waals surface area contributed by atoms with Gasteiger partial charge >= 0.3 is 0 Å². The molecule has 1 heterocycles. The third-order valence-electron chi connectivity index (χ3n) is 7.76. The molecule has 1 saturated heterocycles. The van der Waals surface area contributed by atoms with E-state index < -0.39 is 0 Å². The van der Waals surface area contributed by atoms with Gasteiger partial charge in [-0.25, -0.2) is 0 Å². The van der Waals surface area contributed by atoms with E-state index in [4.69, 9.17) is 9.47 Å². The molecule has 2 fully saturated rings. The smallest absolute Gasteiger partial charge is 0.161 e. The number of ketones is 1. The van der Waals surface area contributed by atoms with E-state index in [1.165, 1.54) is 64.5 Å². The highest BCUT2D eigenvalue weighted by Gasteiger charge is 2.23. The molecular formula is C30H41NO3. The maximum atomic E-state index is 11.6. The summed E-state index contributed by atoms with van der Waals surface area (Å²) in [4.78, 5) is 14.2. The zero-order valence-corrected chi connectivity index (χ0v) is 21.1. The van der Waals surface area contributed by atoms with E-state index in [2.05, 4.69) is 29.2 Å². The van der Waals surface area contributed by atoms with Gasteiger partial charge < -0.3 is 14.4 Å². The summed E-state index contributed by atoms with van der Waals surface area (Å²) in [5.74, 6) is 2.97. The van der Waals surface area contributed by atoms with E-state index in [1.54, 1.807) is 37.3 Å². The van der Waals surface area contributed by atoms with Gasteiger partial charge in [0.1, 0.15) is 0 Å². The molecule has 1 aliphatic carbocycles. The first-order chi connectivity index (χ1) is 16.6. The van der Waals surface area contributed by atoms with Crippen molar-refractivity contribution in [2.24, 2.45) is 5.92 Å². The van der Waals surface area contributed by atoms with Crippen LogP contribution >= 0.6 is 0 Å². The number of carbonyl (C=O) groups excluding carboxylic acids is 1. The fourth-order valence-electron chi connectivity index (χ4n) is 5.73. The number of hydrogen-bond acceptors (Lipinski definition) is 4. The Balaban J connectivity index is 1.19. The van der Waals surface area contributed by atoms with Crippen molar-refractivity contribution in [2.45, 2.75) is 70.6 Å². The van der Waals surface area contributed by atoms with E-state index >= 15 is 0 Å². The van der Waals surface area contributed by atoms with Crippen LogP contribution in [0.2, 0.25) is 0 Å². The predicted molar refractivity (Wildman–Crippen MR) is 138 cm³/mol. The molecule has 1 saturated carbocycles. The number of rotatable bonds is 10. The van der Waals surface area contributed by atoms with E-state index in [-0.39, 0.29) is 5.78 Å². The second kappa shape index (κ2) is 12.4. The molecule has 0 spiro atoms. The highest BCUT2D eigenvalue weighted by atomic mass is 16.5. The first-order valence-electron chi connectivity index (χ1n) is 13.3. The van der Waals surface area contributed by atoms with E-state index in [1.807, 2.05) is 6.07 Å². The zero-order valence-electron chi connectivity index (χ0n) is 21.1. The summed E-state index contributed by atoms with van der Waals surface area (Å²) < 4.78 is 11.4. The second-order valence-corrected chi connectivity index (χ2v) is 10.1. The Morgan fingerprint density at radius 3 is 2.47 bits per heavy atom. The molecule has 0 aromatic heterocycles. The molecule has 34 heavy (non-hydrogen) atoms. The van der Waals surface area contributed by atoms with Gasteiger partial charge in [-0.05, 0) is 99.7 Å². The minimum atomic E-state index is 0.0331. The van der Waals surface area contributed by atoms with Crippen molar-refractivity contribution < 1.29 is 14.3 Å². The number of piperidine rings is 1. The van der Waals surface area contributed by atoms with E-state index in [0.717, 1.165) is 24.8 Å². The minimum Gasteiger partial charge on any atom is -0.493 e. The van der Waals surface area contributed by atoms with Gasteiger partial charge in [0.2, 0.25) is 0 Å². The first kappa shape index (κ1) is 24.8. The molecule has 4 nitrogen and oxygen atoms in total. The summed E-state index contributed by atoms with van der Waals surface area (Å²) in [7, 11) is 1.61. The zero-order chi connectivity index (χ0) is 23.8. The second-order valence-electron chi connectivity index (χ2n) is 10.1. The van der Waals surface area contributed by atoms with Crippen LogP contribution in [0.15, 0.2) is 42.5 Å². The molecule has 2 aromatic carbocycles. The SMILES string of the molecule is COc1cc(C(C)=O)ccc1OCCCN1CCC(Cc2ccccc2C2CCCCC2)CC1. The minimum absolute atomic E-state index is 0.0331. The summed E-state index contributed by atoms with van der Waals surface area (Å²) in [6, 6.07) is 14.7. The van der Waals surface area contributed by atoms with Crippen molar-refractivity contribution in [2.75, 3.05) is 33.4 Å². The van der Waals surface area contributed by atoms with Crippen molar-refractivity contribution in [1.82, 2.24) is 4.90 Å². The Morgan fingerprint density at radius 1 is 0.971 bits per heavy atom. The van der Waals surface area contributed by atoms with Gasteiger partial charge in [-0.2, -0.15) is 0 Å². The molecule has 2 aromatic rings. The van der Waals surface area contributed by atoms with E-state index in [9.17, 15) is 4.79 Å². The van der Waals surface area contributed by atoms with Crippen LogP contribution in [0, 0.1) is 5.92 Å². The number of benzene rings is 2. The molecule has 0 atom stereocenters. The topological polar surface area (TPSA) is 38.8 Å². The first-order valence-corrected chi connectivity index (χ1v) is 13.3. The predicted octanol–water partition coefficient (Wildman–Crippen LogP) is 6.67. The van der Waals surface area contributed by atoms with Gasteiger partial charge in [0.25, 0.3) is 0 Å². The fraction of sp³-hybridized carbons (Fsp3) is 0.567. The van der Waals surface area contributed by atoms with Crippen LogP contribution < -0.4 is 9.47 Å².